The maximum absolute atomic E-state index is 12.1. The minimum Gasteiger partial charge on any atom is -0.444 e. The van der Waals surface area contributed by atoms with E-state index in [1.807, 2.05) is 31.7 Å². The number of rotatable bonds is 0. The highest BCUT2D eigenvalue weighted by molar-refractivity contribution is 8.03. The van der Waals surface area contributed by atoms with Gasteiger partial charge in [0.15, 0.2) is 0 Å². The Bertz CT molecular complexity index is 349. The molecule has 0 spiro atoms. The first-order chi connectivity index (χ1) is 7.87. The van der Waals surface area contributed by atoms with E-state index in [-0.39, 0.29) is 12.1 Å². The van der Waals surface area contributed by atoms with Gasteiger partial charge in [0.1, 0.15) is 5.60 Å². The normalized spacial score (nSPS) is 28.6. The molecule has 1 saturated heterocycles. The Labute approximate surface area is 107 Å². The van der Waals surface area contributed by atoms with Crippen molar-refractivity contribution in [1.29, 1.82) is 0 Å². The van der Waals surface area contributed by atoms with Crippen LogP contribution in [0.1, 0.15) is 33.6 Å². The van der Waals surface area contributed by atoms with E-state index in [0.717, 1.165) is 24.4 Å². The molecule has 0 aromatic carbocycles. The summed E-state index contributed by atoms with van der Waals surface area (Å²) in [5.74, 6) is 0. The summed E-state index contributed by atoms with van der Waals surface area (Å²) in [4.78, 5) is 13.9. The molecule has 96 valence electrons. The Morgan fingerprint density at radius 3 is 2.94 bits per heavy atom. The number of carbonyl (C=O) groups excluding carboxylic acids is 1. The molecule has 0 aromatic rings. The minimum atomic E-state index is -0.439. The van der Waals surface area contributed by atoms with Crippen LogP contribution in [0.15, 0.2) is 11.1 Å². The molecule has 17 heavy (non-hydrogen) atoms. The van der Waals surface area contributed by atoms with Gasteiger partial charge in [0.25, 0.3) is 0 Å². The maximum Gasteiger partial charge on any atom is 0.410 e. The molecule has 2 heterocycles. The van der Waals surface area contributed by atoms with Crippen molar-refractivity contribution >= 4 is 17.9 Å². The number of hydrogen-bond acceptors (Lipinski definition) is 4. The second kappa shape index (κ2) is 4.44. The smallest absolute Gasteiger partial charge is 0.410 e. The van der Waals surface area contributed by atoms with E-state index in [4.69, 9.17) is 10.5 Å². The molecule has 2 aliphatic rings. The molecule has 1 fully saturated rings. The van der Waals surface area contributed by atoms with Gasteiger partial charge in [-0.05, 0) is 39.7 Å². The topological polar surface area (TPSA) is 55.6 Å². The molecule has 2 N–H and O–H groups in total. The molecule has 0 aromatic heterocycles. The Morgan fingerprint density at radius 2 is 2.29 bits per heavy atom. The Kier molecular flexibility index (Phi) is 3.30. The summed E-state index contributed by atoms with van der Waals surface area (Å²) in [5, 5.41) is 1.24. The lowest BCUT2D eigenvalue weighted by atomic mass is 10.0. The van der Waals surface area contributed by atoms with E-state index in [2.05, 4.69) is 0 Å². The van der Waals surface area contributed by atoms with Gasteiger partial charge >= 0.3 is 6.09 Å². The standard InChI is InChI=1S/C12H20N2O2S/c1-12(2,3)16-11(15)14-6-4-5-9-8(14)7-10(13)17-9/h7-9H,4-6,13H2,1-3H3. The fraction of sp³-hybridized carbons (Fsp3) is 0.750. The van der Waals surface area contributed by atoms with E-state index in [1.54, 1.807) is 11.8 Å². The number of nitrogens with two attached hydrogens (primary N) is 1. The lowest BCUT2D eigenvalue weighted by Gasteiger charge is -2.37. The molecule has 0 saturated carbocycles. The summed E-state index contributed by atoms with van der Waals surface area (Å²) >= 11 is 1.68. The van der Waals surface area contributed by atoms with Crippen molar-refractivity contribution in [1.82, 2.24) is 4.90 Å². The average molecular weight is 256 g/mol. The Balaban J connectivity index is 2.07. The quantitative estimate of drug-likeness (QED) is 0.722. The third-order valence-corrected chi connectivity index (χ3v) is 4.10. The number of likely N-dealkylation sites (tertiary alicyclic amines) is 1. The van der Waals surface area contributed by atoms with Crippen LogP contribution in [0.5, 0.6) is 0 Å². The number of ether oxygens (including phenoxy) is 1. The summed E-state index contributed by atoms with van der Waals surface area (Å²) in [6.07, 6.45) is 3.90. The highest BCUT2D eigenvalue weighted by Gasteiger charge is 2.39. The first-order valence-corrected chi connectivity index (χ1v) is 6.88. The van der Waals surface area contributed by atoms with Gasteiger partial charge in [0.2, 0.25) is 0 Å². The lowest BCUT2D eigenvalue weighted by Crippen LogP contribution is -2.49. The number of carbonyl (C=O) groups is 1. The first kappa shape index (κ1) is 12.6. The molecule has 0 bridgehead atoms. The number of thioether (sulfide) groups is 1. The fourth-order valence-electron chi connectivity index (χ4n) is 2.23. The van der Waals surface area contributed by atoms with Crippen LogP contribution in [0.4, 0.5) is 4.79 Å². The number of piperidine rings is 1. The van der Waals surface area contributed by atoms with E-state index in [1.165, 1.54) is 0 Å². The summed E-state index contributed by atoms with van der Waals surface area (Å²) in [5.41, 5.74) is 5.39. The molecular formula is C12H20N2O2S. The highest BCUT2D eigenvalue weighted by atomic mass is 32.2. The first-order valence-electron chi connectivity index (χ1n) is 6.00. The zero-order valence-electron chi connectivity index (χ0n) is 10.6. The molecule has 4 nitrogen and oxygen atoms in total. The van der Waals surface area contributed by atoms with E-state index in [9.17, 15) is 4.79 Å². The summed E-state index contributed by atoms with van der Waals surface area (Å²) in [6.45, 7) is 6.43. The van der Waals surface area contributed by atoms with Gasteiger partial charge in [-0.1, -0.05) is 0 Å². The SMILES string of the molecule is CC(C)(C)OC(=O)N1CCCC2SC(N)=CC21. The summed E-state index contributed by atoms with van der Waals surface area (Å²) in [6, 6.07) is 0.114. The largest absolute Gasteiger partial charge is 0.444 e. The van der Waals surface area contributed by atoms with Gasteiger partial charge in [-0.15, -0.1) is 11.8 Å². The number of nitrogens with zero attached hydrogens (tertiary/aromatic N) is 1. The molecule has 2 unspecified atom stereocenters. The van der Waals surface area contributed by atoms with Crippen LogP contribution in [-0.4, -0.2) is 34.4 Å². The van der Waals surface area contributed by atoms with Crippen molar-refractivity contribution in [3.05, 3.63) is 11.1 Å². The predicted octanol–water partition coefficient (Wildman–Crippen LogP) is 2.30. The van der Waals surface area contributed by atoms with Crippen LogP contribution in [0.2, 0.25) is 0 Å². The Morgan fingerprint density at radius 1 is 1.59 bits per heavy atom. The third-order valence-electron chi connectivity index (χ3n) is 2.88. The van der Waals surface area contributed by atoms with Crippen LogP contribution in [-0.2, 0) is 4.74 Å². The van der Waals surface area contributed by atoms with Gasteiger partial charge in [0, 0.05) is 11.8 Å². The van der Waals surface area contributed by atoms with Crippen molar-refractivity contribution in [2.45, 2.75) is 50.5 Å². The van der Waals surface area contributed by atoms with E-state index in [0.29, 0.717) is 5.25 Å². The minimum absolute atomic E-state index is 0.114. The maximum atomic E-state index is 12.1. The second-order valence-corrected chi connectivity index (χ2v) is 6.84. The van der Waals surface area contributed by atoms with Gasteiger partial charge in [-0.25, -0.2) is 4.79 Å². The van der Waals surface area contributed by atoms with Gasteiger partial charge in [0.05, 0.1) is 11.1 Å². The summed E-state index contributed by atoms with van der Waals surface area (Å²) < 4.78 is 5.43. The van der Waals surface area contributed by atoms with Crippen LogP contribution in [0.3, 0.4) is 0 Å². The zero-order valence-corrected chi connectivity index (χ0v) is 11.4. The third kappa shape index (κ3) is 2.89. The molecule has 2 atom stereocenters. The lowest BCUT2D eigenvalue weighted by molar-refractivity contribution is 0.0159. The van der Waals surface area contributed by atoms with E-state index >= 15 is 0 Å². The van der Waals surface area contributed by atoms with Crippen molar-refractivity contribution in [2.75, 3.05) is 6.54 Å². The van der Waals surface area contributed by atoms with Crippen LogP contribution < -0.4 is 5.73 Å². The molecule has 1 amide bonds. The zero-order chi connectivity index (χ0) is 12.6. The van der Waals surface area contributed by atoms with Crippen LogP contribution in [0, 0.1) is 0 Å². The molecule has 5 heteroatoms. The van der Waals surface area contributed by atoms with Crippen LogP contribution >= 0.6 is 11.8 Å². The van der Waals surface area contributed by atoms with Gasteiger partial charge in [-0.3, -0.25) is 0 Å². The van der Waals surface area contributed by atoms with Crippen molar-refractivity contribution in [2.24, 2.45) is 5.73 Å². The van der Waals surface area contributed by atoms with Gasteiger partial charge in [-0.2, -0.15) is 0 Å². The second-order valence-electron chi connectivity index (χ2n) is 5.53. The predicted molar refractivity (Wildman–Crippen MR) is 69.6 cm³/mol. The fourth-order valence-corrected chi connectivity index (χ4v) is 3.44. The van der Waals surface area contributed by atoms with Crippen molar-refractivity contribution in [3.63, 3.8) is 0 Å². The molecule has 2 rings (SSSR count). The average Bonchev–Trinajstić information content (AvgIpc) is 2.54. The molecular weight excluding hydrogens is 236 g/mol. The van der Waals surface area contributed by atoms with E-state index < -0.39 is 5.60 Å². The Hall–Kier alpha value is -0.840. The highest BCUT2D eigenvalue weighted by Crippen LogP contribution is 2.38. The van der Waals surface area contributed by atoms with Crippen molar-refractivity contribution in [3.8, 4) is 0 Å². The number of hydrogen-bond donors (Lipinski definition) is 1. The number of fused-ring (bicyclic) bond motifs is 1. The number of amides is 1. The molecule has 0 aliphatic carbocycles. The molecule has 2 aliphatic heterocycles. The van der Waals surface area contributed by atoms with Gasteiger partial charge < -0.3 is 15.4 Å². The van der Waals surface area contributed by atoms with Crippen molar-refractivity contribution < 1.29 is 9.53 Å². The summed E-state index contributed by atoms with van der Waals surface area (Å²) in [7, 11) is 0. The monoisotopic (exact) mass is 256 g/mol. The van der Waals surface area contributed by atoms with Crippen LogP contribution in [0.25, 0.3) is 0 Å². The molecule has 0 radical (unpaired) electrons.